The van der Waals surface area contributed by atoms with Crippen molar-refractivity contribution in [3.8, 4) is 0 Å². The van der Waals surface area contributed by atoms with Gasteiger partial charge in [-0.25, -0.2) is 13.8 Å². The number of aromatic nitrogens is 1. The van der Waals surface area contributed by atoms with Crippen molar-refractivity contribution in [2.45, 2.75) is 19.8 Å². The summed E-state index contributed by atoms with van der Waals surface area (Å²) in [6, 6.07) is 3.85. The van der Waals surface area contributed by atoms with Crippen molar-refractivity contribution in [1.29, 1.82) is 0 Å². The summed E-state index contributed by atoms with van der Waals surface area (Å²) in [7, 11) is 1.75. The summed E-state index contributed by atoms with van der Waals surface area (Å²) in [6.07, 6.45) is 0. The quantitative estimate of drug-likeness (QED) is 0.860. The van der Waals surface area contributed by atoms with Crippen LogP contribution in [0.15, 0.2) is 18.2 Å². The first-order valence-corrected chi connectivity index (χ1v) is 5.50. The number of nitrogens with one attached hydrogen (secondary N) is 1. The zero-order valence-corrected chi connectivity index (χ0v) is 10.0. The molecule has 0 bridgehead atoms. The van der Waals surface area contributed by atoms with Crippen LogP contribution in [0.1, 0.15) is 25.3 Å². The number of pyridine rings is 1. The summed E-state index contributed by atoms with van der Waals surface area (Å²) in [4.78, 5) is 4.25. The van der Waals surface area contributed by atoms with E-state index in [1.165, 1.54) is 6.07 Å². The lowest BCUT2D eigenvalue weighted by molar-refractivity contribution is 0.591. The van der Waals surface area contributed by atoms with Crippen molar-refractivity contribution >= 4 is 16.7 Å². The highest BCUT2D eigenvalue weighted by Crippen LogP contribution is 2.28. The Balaban J connectivity index is 2.78. The molecule has 1 N–H and O–H groups in total. The van der Waals surface area contributed by atoms with E-state index in [1.807, 2.05) is 13.8 Å². The van der Waals surface area contributed by atoms with Crippen molar-refractivity contribution < 1.29 is 8.78 Å². The number of nitrogens with zero attached hydrogens (tertiary/aromatic N) is 1. The molecule has 0 aliphatic heterocycles. The van der Waals surface area contributed by atoms with E-state index in [1.54, 1.807) is 13.1 Å². The Morgan fingerprint density at radius 1 is 1.18 bits per heavy atom. The van der Waals surface area contributed by atoms with Crippen LogP contribution < -0.4 is 5.32 Å². The molecule has 0 aliphatic carbocycles. The van der Waals surface area contributed by atoms with E-state index in [0.717, 1.165) is 11.6 Å². The van der Waals surface area contributed by atoms with Gasteiger partial charge < -0.3 is 5.32 Å². The van der Waals surface area contributed by atoms with Crippen LogP contribution in [0.3, 0.4) is 0 Å². The molecule has 4 heteroatoms. The summed E-state index contributed by atoms with van der Waals surface area (Å²) in [5.74, 6) is -0.296. The van der Waals surface area contributed by atoms with Gasteiger partial charge in [0.1, 0.15) is 17.5 Å². The Hall–Kier alpha value is -1.71. The summed E-state index contributed by atoms with van der Waals surface area (Å²) in [5.41, 5.74) is 1.25. The fraction of sp³-hybridized carbons (Fsp3) is 0.308. The smallest absolute Gasteiger partial charge is 0.135 e. The number of rotatable bonds is 2. The number of hydrogen-bond donors (Lipinski definition) is 1. The Morgan fingerprint density at radius 2 is 1.88 bits per heavy atom. The lowest BCUT2D eigenvalue weighted by atomic mass is 10.0. The molecule has 0 amide bonds. The fourth-order valence-electron chi connectivity index (χ4n) is 1.86. The second kappa shape index (κ2) is 4.28. The molecule has 0 saturated heterocycles. The molecule has 2 nitrogen and oxygen atoms in total. The predicted octanol–water partition coefficient (Wildman–Crippen LogP) is 3.68. The van der Waals surface area contributed by atoms with E-state index >= 15 is 0 Å². The third-order valence-electron chi connectivity index (χ3n) is 2.74. The maximum Gasteiger partial charge on any atom is 0.135 e. The zero-order chi connectivity index (χ0) is 12.6. The Bertz CT molecular complexity index is 565. The van der Waals surface area contributed by atoms with Crippen LogP contribution in [0.25, 0.3) is 10.9 Å². The van der Waals surface area contributed by atoms with E-state index in [-0.39, 0.29) is 5.92 Å². The molecule has 90 valence electrons. The van der Waals surface area contributed by atoms with Gasteiger partial charge in [0, 0.05) is 24.6 Å². The highest BCUT2D eigenvalue weighted by Gasteiger charge is 2.12. The molecule has 2 aromatic rings. The SMILES string of the molecule is CNc1nc2cc(F)cc(F)c2cc1C(C)C. The minimum Gasteiger partial charge on any atom is -0.373 e. The van der Waals surface area contributed by atoms with E-state index in [9.17, 15) is 8.78 Å². The van der Waals surface area contributed by atoms with Crippen molar-refractivity contribution in [2.75, 3.05) is 12.4 Å². The molecule has 0 spiro atoms. The standard InChI is InChI=1S/C13H14F2N2/c1-7(2)9-6-10-11(15)4-8(14)5-12(10)17-13(9)16-3/h4-7H,1-3H3,(H,16,17). The lowest BCUT2D eigenvalue weighted by Gasteiger charge is -2.13. The van der Waals surface area contributed by atoms with Crippen molar-refractivity contribution in [1.82, 2.24) is 4.98 Å². The minimum atomic E-state index is -0.609. The Kier molecular flexibility index (Phi) is 2.96. The first-order chi connectivity index (χ1) is 8.02. The van der Waals surface area contributed by atoms with Gasteiger partial charge in [-0.1, -0.05) is 13.8 Å². The predicted molar refractivity (Wildman–Crippen MR) is 65.3 cm³/mol. The first kappa shape index (κ1) is 11.8. The van der Waals surface area contributed by atoms with Crippen LogP contribution in [0.5, 0.6) is 0 Å². The van der Waals surface area contributed by atoms with Gasteiger partial charge in [0.25, 0.3) is 0 Å². The maximum absolute atomic E-state index is 13.6. The Labute approximate surface area is 98.7 Å². The normalized spacial score (nSPS) is 11.2. The van der Waals surface area contributed by atoms with Crippen LogP contribution in [0.4, 0.5) is 14.6 Å². The summed E-state index contributed by atoms with van der Waals surface area (Å²) in [5, 5.41) is 3.31. The second-order valence-electron chi connectivity index (χ2n) is 4.29. The van der Waals surface area contributed by atoms with Gasteiger partial charge in [-0.3, -0.25) is 0 Å². The molecular weight excluding hydrogens is 222 g/mol. The third-order valence-corrected chi connectivity index (χ3v) is 2.74. The molecule has 0 radical (unpaired) electrons. The van der Waals surface area contributed by atoms with E-state index in [4.69, 9.17) is 0 Å². The van der Waals surface area contributed by atoms with Crippen LogP contribution in [0.2, 0.25) is 0 Å². The van der Waals surface area contributed by atoms with Gasteiger partial charge in [0.2, 0.25) is 0 Å². The molecule has 1 heterocycles. The van der Waals surface area contributed by atoms with Crippen LogP contribution in [-0.4, -0.2) is 12.0 Å². The average Bonchev–Trinajstić information content (AvgIpc) is 2.26. The van der Waals surface area contributed by atoms with Gasteiger partial charge >= 0.3 is 0 Å². The van der Waals surface area contributed by atoms with Gasteiger partial charge in [-0.15, -0.1) is 0 Å². The monoisotopic (exact) mass is 236 g/mol. The van der Waals surface area contributed by atoms with Crippen molar-refractivity contribution in [3.63, 3.8) is 0 Å². The number of fused-ring (bicyclic) bond motifs is 1. The molecule has 1 aromatic heterocycles. The highest BCUT2D eigenvalue weighted by molar-refractivity contribution is 5.82. The van der Waals surface area contributed by atoms with E-state index in [2.05, 4.69) is 10.3 Å². The highest BCUT2D eigenvalue weighted by atomic mass is 19.1. The maximum atomic E-state index is 13.6. The third kappa shape index (κ3) is 2.07. The minimum absolute atomic E-state index is 0.221. The van der Waals surface area contributed by atoms with Gasteiger partial charge in [-0.2, -0.15) is 0 Å². The molecular formula is C13H14F2N2. The molecule has 0 aliphatic rings. The lowest BCUT2D eigenvalue weighted by Crippen LogP contribution is -2.01. The second-order valence-corrected chi connectivity index (χ2v) is 4.29. The van der Waals surface area contributed by atoms with Crippen molar-refractivity contribution in [2.24, 2.45) is 0 Å². The number of benzene rings is 1. The van der Waals surface area contributed by atoms with Crippen LogP contribution in [-0.2, 0) is 0 Å². The van der Waals surface area contributed by atoms with Crippen LogP contribution >= 0.6 is 0 Å². The molecule has 0 saturated carbocycles. The summed E-state index contributed by atoms with van der Waals surface area (Å²) < 4.78 is 26.7. The van der Waals surface area contributed by atoms with Gasteiger partial charge in [-0.05, 0) is 17.5 Å². The number of hydrogen-bond acceptors (Lipinski definition) is 2. The topological polar surface area (TPSA) is 24.9 Å². The van der Waals surface area contributed by atoms with Gasteiger partial charge in [0.05, 0.1) is 5.52 Å². The largest absolute Gasteiger partial charge is 0.373 e. The average molecular weight is 236 g/mol. The summed E-state index contributed by atoms with van der Waals surface area (Å²) in [6.45, 7) is 4.01. The summed E-state index contributed by atoms with van der Waals surface area (Å²) >= 11 is 0. The fourth-order valence-corrected chi connectivity index (χ4v) is 1.86. The van der Waals surface area contributed by atoms with E-state index in [0.29, 0.717) is 16.7 Å². The number of anilines is 1. The van der Waals surface area contributed by atoms with E-state index < -0.39 is 11.6 Å². The molecule has 2 rings (SSSR count). The van der Waals surface area contributed by atoms with Gasteiger partial charge in [0.15, 0.2) is 0 Å². The Morgan fingerprint density at radius 3 is 2.47 bits per heavy atom. The molecule has 0 fully saturated rings. The zero-order valence-electron chi connectivity index (χ0n) is 10.0. The molecule has 17 heavy (non-hydrogen) atoms. The number of halogens is 2. The molecule has 0 unspecified atom stereocenters. The van der Waals surface area contributed by atoms with Crippen LogP contribution in [0, 0.1) is 11.6 Å². The van der Waals surface area contributed by atoms with Crippen molar-refractivity contribution in [3.05, 3.63) is 35.4 Å². The molecule has 0 atom stereocenters. The first-order valence-electron chi connectivity index (χ1n) is 5.50. The molecule has 1 aromatic carbocycles.